The van der Waals surface area contributed by atoms with Gasteiger partial charge in [-0.3, -0.25) is 10.1 Å². The highest BCUT2D eigenvalue weighted by Crippen LogP contribution is 2.23. The predicted molar refractivity (Wildman–Crippen MR) is 58.9 cm³/mol. The SMILES string of the molecule is CC(COC1CCOC1)(NC1CC1)C(N)=O. The van der Waals surface area contributed by atoms with Gasteiger partial charge in [0, 0.05) is 12.6 Å². The van der Waals surface area contributed by atoms with Crippen LogP contribution in [0, 0.1) is 0 Å². The number of rotatable bonds is 6. The van der Waals surface area contributed by atoms with Crippen molar-refractivity contribution >= 4 is 5.91 Å². The fourth-order valence-corrected chi connectivity index (χ4v) is 1.79. The molecule has 0 aromatic rings. The molecule has 2 aliphatic rings. The lowest BCUT2D eigenvalue weighted by atomic mass is 10.0. The van der Waals surface area contributed by atoms with Crippen LogP contribution in [0.2, 0.25) is 0 Å². The Labute approximate surface area is 95.7 Å². The third-order valence-electron chi connectivity index (χ3n) is 3.14. The van der Waals surface area contributed by atoms with E-state index < -0.39 is 5.54 Å². The van der Waals surface area contributed by atoms with Gasteiger partial charge in [-0.1, -0.05) is 0 Å². The summed E-state index contributed by atoms with van der Waals surface area (Å²) < 4.78 is 10.9. The molecule has 5 nitrogen and oxygen atoms in total. The first-order valence-corrected chi connectivity index (χ1v) is 5.87. The van der Waals surface area contributed by atoms with Gasteiger partial charge in [0.25, 0.3) is 0 Å². The van der Waals surface area contributed by atoms with Crippen molar-refractivity contribution in [3.8, 4) is 0 Å². The minimum absolute atomic E-state index is 0.111. The third kappa shape index (κ3) is 2.93. The summed E-state index contributed by atoms with van der Waals surface area (Å²) in [4.78, 5) is 11.4. The summed E-state index contributed by atoms with van der Waals surface area (Å²) in [7, 11) is 0. The van der Waals surface area contributed by atoms with Gasteiger partial charge in [0.15, 0.2) is 0 Å². The Bertz CT molecular complexity index is 262. The van der Waals surface area contributed by atoms with Gasteiger partial charge >= 0.3 is 0 Å². The van der Waals surface area contributed by atoms with Crippen LogP contribution in [0.1, 0.15) is 26.2 Å². The van der Waals surface area contributed by atoms with Crippen molar-refractivity contribution in [2.45, 2.75) is 43.9 Å². The van der Waals surface area contributed by atoms with E-state index in [0.29, 0.717) is 19.3 Å². The number of carbonyl (C=O) groups is 1. The summed E-state index contributed by atoms with van der Waals surface area (Å²) in [6, 6.07) is 0.431. The molecule has 0 aromatic carbocycles. The largest absolute Gasteiger partial charge is 0.379 e. The number of nitrogens with two attached hydrogens (primary N) is 1. The maximum absolute atomic E-state index is 11.4. The number of hydrogen-bond donors (Lipinski definition) is 2. The minimum atomic E-state index is -0.746. The van der Waals surface area contributed by atoms with E-state index in [0.717, 1.165) is 25.9 Å². The molecule has 2 unspecified atom stereocenters. The normalized spacial score (nSPS) is 28.9. The zero-order valence-corrected chi connectivity index (χ0v) is 9.70. The molecule has 1 saturated heterocycles. The Morgan fingerprint density at radius 3 is 2.81 bits per heavy atom. The maximum Gasteiger partial charge on any atom is 0.239 e. The van der Waals surface area contributed by atoms with E-state index in [1.54, 1.807) is 0 Å². The van der Waals surface area contributed by atoms with Crippen molar-refractivity contribution in [1.82, 2.24) is 5.32 Å². The van der Waals surface area contributed by atoms with Gasteiger partial charge in [0.05, 0.1) is 19.3 Å². The molecule has 3 N–H and O–H groups in total. The molecule has 2 rings (SSSR count). The highest BCUT2D eigenvalue weighted by atomic mass is 16.5. The molecule has 1 amide bonds. The average molecular weight is 228 g/mol. The second kappa shape index (κ2) is 4.69. The first-order valence-electron chi connectivity index (χ1n) is 5.87. The molecule has 0 spiro atoms. The number of carbonyl (C=O) groups excluding carboxylic acids is 1. The van der Waals surface area contributed by atoms with Crippen molar-refractivity contribution in [2.24, 2.45) is 5.73 Å². The van der Waals surface area contributed by atoms with E-state index in [2.05, 4.69) is 5.32 Å². The summed E-state index contributed by atoms with van der Waals surface area (Å²) in [6.07, 6.45) is 3.25. The van der Waals surface area contributed by atoms with Crippen LogP contribution in [0.25, 0.3) is 0 Å². The standard InChI is InChI=1S/C11H20N2O3/c1-11(10(12)14,13-8-2-3-8)7-16-9-4-5-15-6-9/h8-9,13H,2-7H2,1H3,(H2,12,14). The summed E-state index contributed by atoms with van der Waals surface area (Å²) in [5.74, 6) is -0.349. The van der Waals surface area contributed by atoms with Crippen LogP contribution >= 0.6 is 0 Å². The summed E-state index contributed by atoms with van der Waals surface area (Å²) in [6.45, 7) is 3.50. The van der Waals surface area contributed by atoms with Gasteiger partial charge < -0.3 is 15.2 Å². The number of amides is 1. The number of primary amides is 1. The molecule has 1 aliphatic carbocycles. The molecule has 16 heavy (non-hydrogen) atoms. The van der Waals surface area contributed by atoms with E-state index in [1.807, 2.05) is 6.92 Å². The highest BCUT2D eigenvalue weighted by molar-refractivity contribution is 5.84. The Balaban J connectivity index is 1.82. The summed E-state index contributed by atoms with van der Waals surface area (Å²) in [5.41, 5.74) is 4.67. The van der Waals surface area contributed by atoms with E-state index in [9.17, 15) is 4.79 Å². The van der Waals surface area contributed by atoms with Gasteiger partial charge in [0.1, 0.15) is 5.54 Å². The molecule has 1 saturated carbocycles. The smallest absolute Gasteiger partial charge is 0.239 e. The number of hydrogen-bond acceptors (Lipinski definition) is 4. The van der Waals surface area contributed by atoms with Gasteiger partial charge in [0.2, 0.25) is 5.91 Å². The van der Waals surface area contributed by atoms with Gasteiger partial charge in [-0.2, -0.15) is 0 Å². The molecule has 2 fully saturated rings. The molecule has 0 radical (unpaired) electrons. The summed E-state index contributed by atoms with van der Waals surface area (Å²) >= 11 is 0. The topological polar surface area (TPSA) is 73.6 Å². The van der Waals surface area contributed by atoms with Crippen LogP contribution in [0.3, 0.4) is 0 Å². The lowest BCUT2D eigenvalue weighted by molar-refractivity contribution is -0.127. The Morgan fingerprint density at radius 1 is 1.56 bits per heavy atom. The van der Waals surface area contributed by atoms with Crippen molar-refractivity contribution in [2.75, 3.05) is 19.8 Å². The second-order valence-corrected chi connectivity index (χ2v) is 4.91. The lowest BCUT2D eigenvalue weighted by Crippen LogP contribution is -2.57. The monoisotopic (exact) mass is 228 g/mol. The number of ether oxygens (including phenoxy) is 2. The zero-order valence-electron chi connectivity index (χ0n) is 9.70. The maximum atomic E-state index is 11.4. The quantitative estimate of drug-likeness (QED) is 0.659. The van der Waals surface area contributed by atoms with Crippen LogP contribution < -0.4 is 11.1 Å². The molecular formula is C11H20N2O3. The van der Waals surface area contributed by atoms with E-state index in [4.69, 9.17) is 15.2 Å². The third-order valence-corrected chi connectivity index (χ3v) is 3.14. The molecule has 1 aliphatic heterocycles. The van der Waals surface area contributed by atoms with Crippen molar-refractivity contribution in [3.63, 3.8) is 0 Å². The van der Waals surface area contributed by atoms with E-state index >= 15 is 0 Å². The minimum Gasteiger partial charge on any atom is -0.379 e. The van der Waals surface area contributed by atoms with Crippen molar-refractivity contribution in [1.29, 1.82) is 0 Å². The van der Waals surface area contributed by atoms with Crippen LogP contribution in [0.5, 0.6) is 0 Å². The second-order valence-electron chi connectivity index (χ2n) is 4.91. The Kier molecular flexibility index (Phi) is 3.47. The number of nitrogens with one attached hydrogen (secondary N) is 1. The Morgan fingerprint density at radius 2 is 2.31 bits per heavy atom. The van der Waals surface area contributed by atoms with Crippen LogP contribution in [0.4, 0.5) is 0 Å². The predicted octanol–water partition coefficient (Wildman–Crippen LogP) is -0.212. The van der Waals surface area contributed by atoms with Crippen LogP contribution in [0.15, 0.2) is 0 Å². The Hall–Kier alpha value is -0.650. The van der Waals surface area contributed by atoms with Crippen molar-refractivity contribution < 1.29 is 14.3 Å². The van der Waals surface area contributed by atoms with Gasteiger partial charge in [-0.25, -0.2) is 0 Å². The average Bonchev–Trinajstić information content (AvgIpc) is 2.89. The first kappa shape index (κ1) is 11.8. The van der Waals surface area contributed by atoms with E-state index in [1.165, 1.54) is 0 Å². The van der Waals surface area contributed by atoms with Gasteiger partial charge in [-0.05, 0) is 26.2 Å². The fraction of sp³-hybridized carbons (Fsp3) is 0.909. The molecular weight excluding hydrogens is 208 g/mol. The van der Waals surface area contributed by atoms with Crippen LogP contribution in [-0.4, -0.2) is 43.4 Å². The van der Waals surface area contributed by atoms with Crippen LogP contribution in [-0.2, 0) is 14.3 Å². The van der Waals surface area contributed by atoms with Crippen molar-refractivity contribution in [3.05, 3.63) is 0 Å². The fourth-order valence-electron chi connectivity index (χ4n) is 1.79. The lowest BCUT2D eigenvalue weighted by Gasteiger charge is -2.28. The summed E-state index contributed by atoms with van der Waals surface area (Å²) in [5, 5.41) is 3.25. The molecule has 5 heteroatoms. The molecule has 92 valence electrons. The molecule has 2 atom stereocenters. The molecule has 1 heterocycles. The highest BCUT2D eigenvalue weighted by Gasteiger charge is 2.38. The zero-order chi connectivity index (χ0) is 11.6. The first-order chi connectivity index (χ1) is 7.60. The van der Waals surface area contributed by atoms with E-state index in [-0.39, 0.29) is 12.0 Å². The van der Waals surface area contributed by atoms with Gasteiger partial charge in [-0.15, -0.1) is 0 Å². The molecule has 0 bridgehead atoms. The molecule has 0 aromatic heterocycles.